The zero-order chi connectivity index (χ0) is 16.1. The Morgan fingerprint density at radius 1 is 1.23 bits per heavy atom. The normalized spacial score (nSPS) is 10.2. The summed E-state index contributed by atoms with van der Waals surface area (Å²) in [7, 11) is 2.64. The van der Waals surface area contributed by atoms with Gasteiger partial charge in [0.15, 0.2) is 17.4 Å². The SMILES string of the molecule is COc1ccncc1CNC(=O)c1cc(F)c(OC)c(F)c1. The molecular weight excluding hydrogens is 294 g/mol. The monoisotopic (exact) mass is 308 g/mol. The van der Waals surface area contributed by atoms with Gasteiger partial charge in [-0.2, -0.15) is 0 Å². The number of halogens is 2. The van der Waals surface area contributed by atoms with Crippen molar-refractivity contribution in [2.24, 2.45) is 0 Å². The first-order chi connectivity index (χ1) is 10.6. The Balaban J connectivity index is 2.13. The second-order valence-corrected chi connectivity index (χ2v) is 4.34. The number of pyridine rings is 1. The lowest BCUT2D eigenvalue weighted by atomic mass is 10.1. The van der Waals surface area contributed by atoms with Gasteiger partial charge in [-0.3, -0.25) is 9.78 Å². The summed E-state index contributed by atoms with van der Waals surface area (Å²) >= 11 is 0. The number of ether oxygens (including phenoxy) is 2. The maximum Gasteiger partial charge on any atom is 0.251 e. The van der Waals surface area contributed by atoms with Crippen LogP contribution in [-0.4, -0.2) is 25.1 Å². The van der Waals surface area contributed by atoms with Crippen molar-refractivity contribution in [3.05, 3.63) is 53.4 Å². The average Bonchev–Trinajstić information content (AvgIpc) is 2.52. The van der Waals surface area contributed by atoms with Gasteiger partial charge in [0, 0.05) is 30.1 Å². The molecule has 0 bridgehead atoms. The molecule has 0 fully saturated rings. The molecule has 0 spiro atoms. The van der Waals surface area contributed by atoms with E-state index in [0.717, 1.165) is 19.2 Å². The van der Waals surface area contributed by atoms with Crippen LogP contribution in [0.4, 0.5) is 8.78 Å². The molecule has 7 heteroatoms. The minimum atomic E-state index is -0.938. The molecule has 1 N–H and O–H groups in total. The standard InChI is InChI=1S/C15H14F2N2O3/c1-21-13-3-4-18-7-10(13)8-19-15(20)9-5-11(16)14(22-2)12(17)6-9/h3-7H,8H2,1-2H3,(H,19,20). The number of hydrogen-bond donors (Lipinski definition) is 1. The third-order valence-electron chi connectivity index (χ3n) is 2.98. The largest absolute Gasteiger partial charge is 0.496 e. The highest BCUT2D eigenvalue weighted by molar-refractivity contribution is 5.94. The van der Waals surface area contributed by atoms with Gasteiger partial charge in [0.05, 0.1) is 14.2 Å². The topological polar surface area (TPSA) is 60.5 Å². The predicted molar refractivity (Wildman–Crippen MR) is 74.9 cm³/mol. The zero-order valence-corrected chi connectivity index (χ0v) is 12.0. The molecule has 116 valence electrons. The van der Waals surface area contributed by atoms with Gasteiger partial charge >= 0.3 is 0 Å². The number of aromatic nitrogens is 1. The van der Waals surface area contributed by atoms with Gasteiger partial charge in [-0.25, -0.2) is 8.78 Å². The number of methoxy groups -OCH3 is 2. The van der Waals surface area contributed by atoms with Crippen LogP contribution in [0.2, 0.25) is 0 Å². The number of hydrogen-bond acceptors (Lipinski definition) is 4. The molecule has 0 unspecified atom stereocenters. The highest BCUT2D eigenvalue weighted by Crippen LogP contribution is 2.23. The molecule has 2 aromatic rings. The van der Waals surface area contributed by atoms with Crippen LogP contribution in [0.15, 0.2) is 30.6 Å². The van der Waals surface area contributed by atoms with Gasteiger partial charge in [-0.15, -0.1) is 0 Å². The van der Waals surface area contributed by atoms with Gasteiger partial charge in [-0.05, 0) is 18.2 Å². The molecule has 0 aliphatic carbocycles. The highest BCUT2D eigenvalue weighted by Gasteiger charge is 2.16. The number of nitrogens with one attached hydrogen (secondary N) is 1. The summed E-state index contributed by atoms with van der Waals surface area (Å²) in [6, 6.07) is 3.48. The Morgan fingerprint density at radius 3 is 2.50 bits per heavy atom. The number of carbonyl (C=O) groups excluding carboxylic acids is 1. The molecule has 0 saturated heterocycles. The van der Waals surface area contributed by atoms with Crippen LogP contribution in [0.1, 0.15) is 15.9 Å². The Labute approximate surface area is 125 Å². The van der Waals surface area contributed by atoms with Crippen molar-refractivity contribution < 1.29 is 23.0 Å². The van der Waals surface area contributed by atoms with E-state index < -0.39 is 23.3 Å². The van der Waals surface area contributed by atoms with Crippen molar-refractivity contribution in [2.45, 2.75) is 6.54 Å². The van der Waals surface area contributed by atoms with E-state index in [-0.39, 0.29) is 12.1 Å². The Kier molecular flexibility index (Phi) is 4.88. The number of amides is 1. The Bertz CT molecular complexity index is 669. The average molecular weight is 308 g/mol. The van der Waals surface area contributed by atoms with Crippen LogP contribution in [0.3, 0.4) is 0 Å². The second kappa shape index (κ2) is 6.84. The molecule has 0 radical (unpaired) electrons. The minimum Gasteiger partial charge on any atom is -0.496 e. The van der Waals surface area contributed by atoms with E-state index in [2.05, 4.69) is 15.0 Å². The third-order valence-corrected chi connectivity index (χ3v) is 2.98. The fourth-order valence-electron chi connectivity index (χ4n) is 1.91. The zero-order valence-electron chi connectivity index (χ0n) is 12.0. The first-order valence-electron chi connectivity index (χ1n) is 6.35. The van der Waals surface area contributed by atoms with Crippen LogP contribution in [0, 0.1) is 11.6 Å². The second-order valence-electron chi connectivity index (χ2n) is 4.34. The van der Waals surface area contributed by atoms with Gasteiger partial charge in [-0.1, -0.05) is 0 Å². The fraction of sp³-hybridized carbons (Fsp3) is 0.200. The van der Waals surface area contributed by atoms with E-state index in [4.69, 9.17) is 4.74 Å². The van der Waals surface area contributed by atoms with Crippen molar-refractivity contribution in [3.63, 3.8) is 0 Å². The van der Waals surface area contributed by atoms with E-state index in [9.17, 15) is 13.6 Å². The van der Waals surface area contributed by atoms with Crippen LogP contribution in [0.25, 0.3) is 0 Å². The molecule has 0 saturated carbocycles. The van der Waals surface area contributed by atoms with E-state index in [1.807, 2.05) is 0 Å². The van der Waals surface area contributed by atoms with Crippen molar-refractivity contribution in [1.82, 2.24) is 10.3 Å². The first-order valence-corrected chi connectivity index (χ1v) is 6.35. The quantitative estimate of drug-likeness (QED) is 0.921. The summed E-state index contributed by atoms with van der Waals surface area (Å²) in [4.78, 5) is 15.9. The fourth-order valence-corrected chi connectivity index (χ4v) is 1.91. The molecule has 0 aliphatic rings. The summed E-state index contributed by atoms with van der Waals surface area (Å²) in [5.74, 6) is -2.46. The van der Waals surface area contributed by atoms with Crippen LogP contribution in [0.5, 0.6) is 11.5 Å². The number of rotatable bonds is 5. The molecule has 1 aromatic heterocycles. The number of carbonyl (C=O) groups is 1. The molecule has 1 aromatic carbocycles. The lowest BCUT2D eigenvalue weighted by Crippen LogP contribution is -2.23. The third kappa shape index (κ3) is 3.30. The Morgan fingerprint density at radius 2 is 1.91 bits per heavy atom. The lowest BCUT2D eigenvalue weighted by Gasteiger charge is -2.10. The first kappa shape index (κ1) is 15.7. The minimum absolute atomic E-state index is 0.116. The summed E-state index contributed by atoms with van der Waals surface area (Å²) in [6.45, 7) is 0.116. The van der Waals surface area contributed by atoms with E-state index >= 15 is 0 Å². The smallest absolute Gasteiger partial charge is 0.251 e. The number of benzene rings is 1. The summed E-state index contributed by atoms with van der Waals surface area (Å²) < 4.78 is 36.8. The van der Waals surface area contributed by atoms with Gasteiger partial charge in [0.1, 0.15) is 5.75 Å². The van der Waals surface area contributed by atoms with Crippen LogP contribution in [-0.2, 0) is 6.54 Å². The Hall–Kier alpha value is -2.70. The highest BCUT2D eigenvalue weighted by atomic mass is 19.1. The summed E-state index contributed by atoms with van der Waals surface area (Å²) in [5.41, 5.74) is 0.506. The molecule has 0 atom stereocenters. The molecule has 2 rings (SSSR count). The molecular formula is C15H14F2N2O3. The lowest BCUT2D eigenvalue weighted by molar-refractivity contribution is 0.0949. The van der Waals surface area contributed by atoms with Crippen molar-refractivity contribution in [1.29, 1.82) is 0 Å². The van der Waals surface area contributed by atoms with E-state index in [0.29, 0.717) is 11.3 Å². The van der Waals surface area contributed by atoms with E-state index in [1.54, 1.807) is 12.3 Å². The predicted octanol–water partition coefficient (Wildman–Crippen LogP) is 2.31. The van der Waals surface area contributed by atoms with E-state index in [1.165, 1.54) is 13.3 Å². The summed E-state index contributed by atoms with van der Waals surface area (Å²) in [6.07, 6.45) is 3.09. The maximum absolute atomic E-state index is 13.6. The van der Waals surface area contributed by atoms with Gasteiger partial charge in [0.2, 0.25) is 0 Å². The molecule has 1 heterocycles. The molecule has 1 amide bonds. The maximum atomic E-state index is 13.6. The number of nitrogens with zero attached hydrogens (tertiary/aromatic N) is 1. The van der Waals surface area contributed by atoms with Crippen LogP contribution < -0.4 is 14.8 Å². The summed E-state index contributed by atoms with van der Waals surface area (Å²) in [5, 5.41) is 2.55. The van der Waals surface area contributed by atoms with Crippen molar-refractivity contribution in [2.75, 3.05) is 14.2 Å². The van der Waals surface area contributed by atoms with Gasteiger partial charge in [0.25, 0.3) is 5.91 Å². The molecule has 0 aliphatic heterocycles. The van der Waals surface area contributed by atoms with Crippen molar-refractivity contribution in [3.8, 4) is 11.5 Å². The molecule has 22 heavy (non-hydrogen) atoms. The molecule has 5 nitrogen and oxygen atoms in total. The van der Waals surface area contributed by atoms with Crippen molar-refractivity contribution >= 4 is 5.91 Å². The van der Waals surface area contributed by atoms with Crippen LogP contribution >= 0.6 is 0 Å². The van der Waals surface area contributed by atoms with Gasteiger partial charge < -0.3 is 14.8 Å².